The minimum Gasteiger partial charge on any atom is -0.329 e. The molecular formula is C13H23ClN2. The second-order valence-electron chi connectivity index (χ2n) is 4.38. The third-order valence-electron chi connectivity index (χ3n) is 3.68. The van der Waals surface area contributed by atoms with Gasteiger partial charge in [-0.15, -0.1) is 12.4 Å². The van der Waals surface area contributed by atoms with Crippen molar-refractivity contribution in [1.82, 2.24) is 0 Å². The number of rotatable bonds is 2. The van der Waals surface area contributed by atoms with Crippen LogP contribution in [0.3, 0.4) is 0 Å². The lowest BCUT2D eigenvalue weighted by molar-refractivity contribution is 0.722. The summed E-state index contributed by atoms with van der Waals surface area (Å²) in [5.41, 5.74) is 19.6. The Morgan fingerprint density at radius 1 is 0.812 bits per heavy atom. The highest BCUT2D eigenvalue weighted by Gasteiger charge is 2.16. The fourth-order valence-corrected chi connectivity index (χ4v) is 2.20. The van der Waals surface area contributed by atoms with Crippen LogP contribution in [0.2, 0.25) is 0 Å². The number of halogens is 1. The molecule has 0 aliphatic rings. The largest absolute Gasteiger partial charge is 0.329 e. The molecule has 1 aromatic carbocycles. The van der Waals surface area contributed by atoms with Crippen LogP contribution >= 0.6 is 12.4 Å². The Labute approximate surface area is 105 Å². The Balaban J connectivity index is 0.00000225. The van der Waals surface area contributed by atoms with E-state index in [4.69, 9.17) is 11.5 Å². The van der Waals surface area contributed by atoms with E-state index >= 15 is 0 Å². The monoisotopic (exact) mass is 242 g/mol. The summed E-state index contributed by atoms with van der Waals surface area (Å²) < 4.78 is 0. The van der Waals surface area contributed by atoms with Gasteiger partial charge in [0, 0.05) is 12.6 Å². The number of hydrogen-bond donors (Lipinski definition) is 2. The molecule has 4 N–H and O–H groups in total. The summed E-state index contributed by atoms with van der Waals surface area (Å²) in [5.74, 6) is 0. The Morgan fingerprint density at radius 2 is 1.12 bits per heavy atom. The SMILES string of the molecule is Cc1c(C)c(C)c([C@@H](N)CN)c(C)c1C.Cl. The molecule has 0 saturated carbocycles. The molecule has 1 rings (SSSR count). The zero-order chi connectivity index (χ0) is 11.7. The van der Waals surface area contributed by atoms with E-state index in [9.17, 15) is 0 Å². The maximum absolute atomic E-state index is 6.06. The molecule has 2 nitrogen and oxygen atoms in total. The standard InChI is InChI=1S/C13H22N2.ClH/c1-7-8(2)10(4)13(12(15)6-14)11(5)9(7)3;/h12H,6,14-15H2,1-5H3;1H/t12-;/m0./s1. The van der Waals surface area contributed by atoms with Crippen molar-refractivity contribution < 1.29 is 0 Å². The van der Waals surface area contributed by atoms with E-state index < -0.39 is 0 Å². The third-order valence-corrected chi connectivity index (χ3v) is 3.68. The highest BCUT2D eigenvalue weighted by atomic mass is 35.5. The summed E-state index contributed by atoms with van der Waals surface area (Å²) in [7, 11) is 0. The second-order valence-corrected chi connectivity index (χ2v) is 4.38. The summed E-state index contributed by atoms with van der Waals surface area (Å²) in [6.45, 7) is 11.3. The van der Waals surface area contributed by atoms with E-state index in [1.165, 1.54) is 33.4 Å². The lowest BCUT2D eigenvalue weighted by atomic mass is 9.86. The van der Waals surface area contributed by atoms with Crippen molar-refractivity contribution >= 4 is 12.4 Å². The minimum absolute atomic E-state index is 0. The van der Waals surface area contributed by atoms with Gasteiger partial charge in [-0.1, -0.05) is 0 Å². The van der Waals surface area contributed by atoms with Gasteiger partial charge in [0.15, 0.2) is 0 Å². The Kier molecular flexibility index (Phi) is 5.47. The number of benzene rings is 1. The smallest absolute Gasteiger partial charge is 0.0424 e. The molecule has 3 heteroatoms. The molecule has 0 saturated heterocycles. The first-order chi connectivity index (χ1) is 6.91. The molecule has 0 unspecified atom stereocenters. The topological polar surface area (TPSA) is 52.0 Å². The maximum atomic E-state index is 6.06. The summed E-state index contributed by atoms with van der Waals surface area (Å²) in [6.07, 6.45) is 0. The van der Waals surface area contributed by atoms with Crippen molar-refractivity contribution in [2.75, 3.05) is 6.54 Å². The maximum Gasteiger partial charge on any atom is 0.0424 e. The van der Waals surface area contributed by atoms with Crippen LogP contribution in [0.15, 0.2) is 0 Å². The van der Waals surface area contributed by atoms with Crippen molar-refractivity contribution in [2.24, 2.45) is 11.5 Å². The summed E-state index contributed by atoms with van der Waals surface area (Å²) in [6, 6.07) is -0.0389. The van der Waals surface area contributed by atoms with Crippen LogP contribution in [0.25, 0.3) is 0 Å². The quantitative estimate of drug-likeness (QED) is 0.838. The van der Waals surface area contributed by atoms with Crippen LogP contribution in [0, 0.1) is 34.6 Å². The molecule has 0 bridgehead atoms. The molecule has 92 valence electrons. The third kappa shape index (κ3) is 2.40. The Morgan fingerprint density at radius 3 is 1.44 bits per heavy atom. The lowest BCUT2D eigenvalue weighted by Gasteiger charge is -2.22. The molecule has 0 fully saturated rings. The predicted octanol–water partition coefficient (Wildman–Crippen LogP) is 2.61. The van der Waals surface area contributed by atoms with Gasteiger partial charge < -0.3 is 11.5 Å². The van der Waals surface area contributed by atoms with Gasteiger partial charge in [0.1, 0.15) is 0 Å². The van der Waals surface area contributed by atoms with Gasteiger partial charge in [-0.2, -0.15) is 0 Å². The summed E-state index contributed by atoms with van der Waals surface area (Å²) >= 11 is 0. The van der Waals surface area contributed by atoms with Gasteiger partial charge in [-0.3, -0.25) is 0 Å². The van der Waals surface area contributed by atoms with Gasteiger partial charge in [0.05, 0.1) is 0 Å². The van der Waals surface area contributed by atoms with Crippen LogP contribution < -0.4 is 11.5 Å². The van der Waals surface area contributed by atoms with Crippen LogP contribution in [-0.4, -0.2) is 6.54 Å². The second kappa shape index (κ2) is 5.67. The van der Waals surface area contributed by atoms with Crippen molar-refractivity contribution in [3.63, 3.8) is 0 Å². The molecule has 0 aliphatic heterocycles. The first-order valence-electron chi connectivity index (χ1n) is 5.44. The van der Waals surface area contributed by atoms with Crippen molar-refractivity contribution in [3.05, 3.63) is 33.4 Å². The molecule has 0 amide bonds. The van der Waals surface area contributed by atoms with Gasteiger partial charge in [-0.25, -0.2) is 0 Å². The van der Waals surface area contributed by atoms with Crippen molar-refractivity contribution in [2.45, 2.75) is 40.7 Å². The van der Waals surface area contributed by atoms with E-state index in [0.29, 0.717) is 6.54 Å². The molecule has 0 radical (unpaired) electrons. The molecular weight excluding hydrogens is 220 g/mol. The highest BCUT2D eigenvalue weighted by Crippen LogP contribution is 2.28. The van der Waals surface area contributed by atoms with Crippen LogP contribution in [0.1, 0.15) is 39.4 Å². The van der Waals surface area contributed by atoms with Gasteiger partial charge in [0.2, 0.25) is 0 Å². The number of nitrogens with two attached hydrogens (primary N) is 2. The van der Waals surface area contributed by atoms with E-state index in [1.54, 1.807) is 0 Å². The van der Waals surface area contributed by atoms with Crippen LogP contribution in [0.4, 0.5) is 0 Å². The summed E-state index contributed by atoms with van der Waals surface area (Å²) in [5, 5.41) is 0. The molecule has 0 heterocycles. The van der Waals surface area contributed by atoms with Crippen molar-refractivity contribution in [1.29, 1.82) is 0 Å². The first-order valence-corrected chi connectivity index (χ1v) is 5.44. The van der Waals surface area contributed by atoms with E-state index in [0.717, 1.165) is 0 Å². The summed E-state index contributed by atoms with van der Waals surface area (Å²) in [4.78, 5) is 0. The number of hydrogen-bond acceptors (Lipinski definition) is 2. The minimum atomic E-state index is -0.0389. The Bertz CT molecular complexity index is 357. The van der Waals surface area contributed by atoms with Gasteiger partial charge in [-0.05, 0) is 68.0 Å². The lowest BCUT2D eigenvalue weighted by Crippen LogP contribution is -2.23. The first kappa shape index (κ1) is 15.4. The molecule has 1 aromatic rings. The predicted molar refractivity (Wildman–Crippen MR) is 73.4 cm³/mol. The van der Waals surface area contributed by atoms with E-state index in [1.807, 2.05) is 0 Å². The van der Waals surface area contributed by atoms with Gasteiger partial charge >= 0.3 is 0 Å². The molecule has 0 spiro atoms. The van der Waals surface area contributed by atoms with Gasteiger partial charge in [0.25, 0.3) is 0 Å². The molecule has 0 aromatic heterocycles. The van der Waals surface area contributed by atoms with E-state index in [-0.39, 0.29) is 18.4 Å². The normalized spacial score (nSPS) is 12.2. The average Bonchev–Trinajstić information content (AvgIpc) is 2.23. The fourth-order valence-electron chi connectivity index (χ4n) is 2.20. The van der Waals surface area contributed by atoms with Crippen LogP contribution in [-0.2, 0) is 0 Å². The average molecular weight is 243 g/mol. The zero-order valence-corrected chi connectivity index (χ0v) is 11.7. The Hall–Kier alpha value is -0.570. The highest BCUT2D eigenvalue weighted by molar-refractivity contribution is 5.85. The van der Waals surface area contributed by atoms with E-state index in [2.05, 4.69) is 34.6 Å². The molecule has 0 aliphatic carbocycles. The van der Waals surface area contributed by atoms with Crippen LogP contribution in [0.5, 0.6) is 0 Å². The molecule has 16 heavy (non-hydrogen) atoms. The van der Waals surface area contributed by atoms with Crippen molar-refractivity contribution in [3.8, 4) is 0 Å². The molecule has 1 atom stereocenters. The fraction of sp³-hybridized carbons (Fsp3) is 0.538. The zero-order valence-electron chi connectivity index (χ0n) is 10.8.